The Morgan fingerprint density at radius 3 is 2.85 bits per heavy atom. The first kappa shape index (κ1) is 9.88. The summed E-state index contributed by atoms with van der Waals surface area (Å²) in [6.45, 7) is -0.524. The summed E-state index contributed by atoms with van der Waals surface area (Å²) in [7, 11) is 0. The maximum absolute atomic E-state index is 10.0. The Morgan fingerprint density at radius 1 is 1.69 bits per heavy atom. The topological polar surface area (TPSA) is 76.3 Å². The number of aliphatic hydroxyl groups excluding tert-OH is 1. The summed E-state index contributed by atoms with van der Waals surface area (Å²) in [5, 5.41) is 19.6. The number of rotatable bonds is 3. The summed E-state index contributed by atoms with van der Waals surface area (Å²) in [5.41, 5.74) is 0.390. The fourth-order valence-corrected chi connectivity index (χ4v) is 0.943. The van der Waals surface area contributed by atoms with Crippen molar-refractivity contribution in [1.82, 2.24) is 4.98 Å². The van der Waals surface area contributed by atoms with Crippen molar-refractivity contribution in [2.75, 3.05) is 6.54 Å². The Hall–Kier alpha value is -1.20. The average Bonchev–Trinajstić information content (AvgIpc) is 2.04. The molecule has 1 heterocycles. The number of pyridine rings is 1. The quantitative estimate of drug-likeness (QED) is 0.452. The van der Waals surface area contributed by atoms with E-state index in [-0.39, 0.29) is 5.15 Å². The molecule has 70 valence electrons. The molecule has 1 aromatic rings. The van der Waals surface area contributed by atoms with Gasteiger partial charge in [-0.15, -0.1) is 0 Å². The molecule has 0 saturated heterocycles. The second kappa shape index (κ2) is 4.15. The number of aliphatic hydroxyl groups is 1. The van der Waals surface area contributed by atoms with E-state index in [4.69, 9.17) is 11.6 Å². The van der Waals surface area contributed by atoms with Gasteiger partial charge in [0.15, 0.2) is 0 Å². The van der Waals surface area contributed by atoms with Crippen LogP contribution in [-0.2, 0) is 0 Å². The van der Waals surface area contributed by atoms with E-state index in [1.807, 2.05) is 0 Å². The zero-order valence-corrected chi connectivity index (χ0v) is 7.31. The third-order valence-electron chi connectivity index (χ3n) is 1.46. The Bertz CT molecular complexity index is 301. The Labute approximate surface area is 79.1 Å². The number of aromatic nitrogens is 1. The lowest BCUT2D eigenvalue weighted by Crippen LogP contribution is -2.11. The van der Waals surface area contributed by atoms with E-state index in [1.165, 1.54) is 18.3 Å². The minimum Gasteiger partial charge on any atom is -0.381 e. The molecule has 5 nitrogen and oxygen atoms in total. The number of nitrogens with zero attached hydrogens (tertiary/aromatic N) is 2. The SMILES string of the molecule is O=[N+]([O-])C[C@H](O)c1ccc(Cl)nc1. The average molecular weight is 203 g/mol. The zero-order valence-electron chi connectivity index (χ0n) is 6.55. The van der Waals surface area contributed by atoms with E-state index in [0.29, 0.717) is 5.56 Å². The van der Waals surface area contributed by atoms with Crippen LogP contribution >= 0.6 is 11.6 Å². The third-order valence-corrected chi connectivity index (χ3v) is 1.68. The van der Waals surface area contributed by atoms with Crippen molar-refractivity contribution in [3.8, 4) is 0 Å². The second-order valence-electron chi connectivity index (χ2n) is 2.45. The van der Waals surface area contributed by atoms with Crippen molar-refractivity contribution in [3.63, 3.8) is 0 Å². The van der Waals surface area contributed by atoms with Crippen LogP contribution in [0.1, 0.15) is 11.7 Å². The summed E-state index contributed by atoms with van der Waals surface area (Å²) in [6, 6.07) is 2.98. The number of nitro groups is 1. The number of hydrogen-bond acceptors (Lipinski definition) is 4. The molecule has 6 heteroatoms. The summed E-state index contributed by atoms with van der Waals surface area (Å²) >= 11 is 5.50. The van der Waals surface area contributed by atoms with Gasteiger partial charge in [-0.3, -0.25) is 10.1 Å². The fraction of sp³-hybridized carbons (Fsp3) is 0.286. The summed E-state index contributed by atoms with van der Waals surface area (Å²) in [6.07, 6.45) is 0.191. The summed E-state index contributed by atoms with van der Waals surface area (Å²) in [5.74, 6) is 0. The van der Waals surface area contributed by atoms with Crippen molar-refractivity contribution in [3.05, 3.63) is 39.2 Å². The van der Waals surface area contributed by atoms with Gasteiger partial charge in [-0.05, 0) is 6.07 Å². The van der Waals surface area contributed by atoms with Gasteiger partial charge >= 0.3 is 0 Å². The van der Waals surface area contributed by atoms with E-state index in [2.05, 4.69) is 4.98 Å². The fourth-order valence-electron chi connectivity index (χ4n) is 0.831. The summed E-state index contributed by atoms with van der Waals surface area (Å²) in [4.78, 5) is 13.2. The molecular weight excluding hydrogens is 196 g/mol. The first-order valence-corrected chi connectivity index (χ1v) is 3.88. The van der Waals surface area contributed by atoms with E-state index >= 15 is 0 Å². The van der Waals surface area contributed by atoms with Gasteiger partial charge in [0, 0.05) is 16.7 Å². The molecule has 0 aliphatic heterocycles. The molecule has 0 fully saturated rings. The van der Waals surface area contributed by atoms with Gasteiger partial charge in [0.2, 0.25) is 6.54 Å². The molecular formula is C7H7ClN2O3. The first-order valence-electron chi connectivity index (χ1n) is 3.51. The van der Waals surface area contributed by atoms with Crippen molar-refractivity contribution in [2.24, 2.45) is 0 Å². The normalized spacial score (nSPS) is 12.5. The second-order valence-corrected chi connectivity index (χ2v) is 2.83. The molecule has 1 atom stereocenters. The van der Waals surface area contributed by atoms with E-state index in [1.54, 1.807) is 0 Å². The number of hydrogen-bond donors (Lipinski definition) is 1. The monoisotopic (exact) mass is 202 g/mol. The van der Waals surface area contributed by atoms with Gasteiger partial charge in [-0.25, -0.2) is 4.98 Å². The molecule has 0 spiro atoms. The van der Waals surface area contributed by atoms with Crippen molar-refractivity contribution in [2.45, 2.75) is 6.10 Å². The van der Waals surface area contributed by atoms with Crippen LogP contribution in [0.5, 0.6) is 0 Å². The lowest BCUT2D eigenvalue weighted by Gasteiger charge is -2.04. The van der Waals surface area contributed by atoms with Crippen LogP contribution in [0, 0.1) is 10.1 Å². The van der Waals surface area contributed by atoms with Gasteiger partial charge in [0.05, 0.1) is 0 Å². The Balaban J connectivity index is 2.71. The Kier molecular flexibility index (Phi) is 3.16. The van der Waals surface area contributed by atoms with Gasteiger partial charge in [0.25, 0.3) is 0 Å². The lowest BCUT2D eigenvalue weighted by molar-refractivity contribution is -0.491. The molecule has 1 aromatic heterocycles. The molecule has 1 N–H and O–H groups in total. The molecule has 0 aliphatic rings. The van der Waals surface area contributed by atoms with Gasteiger partial charge in [-0.2, -0.15) is 0 Å². The third kappa shape index (κ3) is 2.96. The molecule has 0 saturated carbocycles. The molecule has 0 aromatic carbocycles. The van der Waals surface area contributed by atoms with Crippen LogP contribution in [-0.4, -0.2) is 21.6 Å². The maximum atomic E-state index is 10.0. The van der Waals surface area contributed by atoms with Crippen molar-refractivity contribution in [1.29, 1.82) is 0 Å². The largest absolute Gasteiger partial charge is 0.381 e. The van der Waals surface area contributed by atoms with Gasteiger partial charge in [0.1, 0.15) is 11.3 Å². The minimum absolute atomic E-state index is 0.289. The maximum Gasteiger partial charge on any atom is 0.233 e. The minimum atomic E-state index is -1.13. The van der Waals surface area contributed by atoms with Gasteiger partial charge in [-0.1, -0.05) is 17.7 Å². The smallest absolute Gasteiger partial charge is 0.233 e. The highest BCUT2D eigenvalue weighted by Crippen LogP contribution is 2.13. The molecule has 0 amide bonds. The van der Waals surface area contributed by atoms with Gasteiger partial charge < -0.3 is 5.11 Å². The van der Waals surface area contributed by atoms with Crippen LogP contribution < -0.4 is 0 Å². The van der Waals surface area contributed by atoms with Crippen LogP contribution in [0.2, 0.25) is 5.15 Å². The Morgan fingerprint density at radius 2 is 2.38 bits per heavy atom. The molecule has 0 aliphatic carbocycles. The standard InChI is InChI=1S/C7H7ClN2O3/c8-7-2-1-5(3-9-7)6(11)4-10(12)13/h1-3,6,11H,4H2/t6-/m0/s1. The van der Waals surface area contributed by atoms with Crippen molar-refractivity contribution < 1.29 is 10.0 Å². The summed E-state index contributed by atoms with van der Waals surface area (Å²) < 4.78 is 0. The zero-order chi connectivity index (χ0) is 9.84. The van der Waals surface area contributed by atoms with Crippen molar-refractivity contribution >= 4 is 11.6 Å². The van der Waals surface area contributed by atoms with E-state index < -0.39 is 17.6 Å². The molecule has 0 unspecified atom stereocenters. The predicted molar refractivity (Wildman–Crippen MR) is 46.1 cm³/mol. The highest BCUT2D eigenvalue weighted by atomic mass is 35.5. The van der Waals surface area contributed by atoms with Crippen LogP contribution in [0.3, 0.4) is 0 Å². The predicted octanol–water partition coefficient (Wildman–Crippen LogP) is 1.05. The van der Waals surface area contributed by atoms with E-state index in [0.717, 1.165) is 0 Å². The highest BCUT2D eigenvalue weighted by Gasteiger charge is 2.13. The molecule has 1 rings (SSSR count). The van der Waals surface area contributed by atoms with Crippen LogP contribution in [0.25, 0.3) is 0 Å². The lowest BCUT2D eigenvalue weighted by atomic mass is 10.2. The molecule has 0 radical (unpaired) electrons. The first-order chi connectivity index (χ1) is 6.09. The van der Waals surface area contributed by atoms with Crippen LogP contribution in [0.15, 0.2) is 18.3 Å². The number of halogens is 1. The highest BCUT2D eigenvalue weighted by molar-refractivity contribution is 6.29. The molecule has 0 bridgehead atoms. The van der Waals surface area contributed by atoms with E-state index in [9.17, 15) is 15.2 Å². The van der Waals surface area contributed by atoms with Crippen LogP contribution in [0.4, 0.5) is 0 Å². The molecule has 13 heavy (non-hydrogen) atoms.